The average molecular weight is 296 g/mol. The zero-order valence-corrected chi connectivity index (χ0v) is 11.5. The topological polar surface area (TPSA) is 75.3 Å². The molecule has 0 saturated carbocycles. The molecular formula is C12H12N2O3S2. The fourth-order valence-corrected chi connectivity index (χ4v) is 3.35. The highest BCUT2D eigenvalue weighted by molar-refractivity contribution is 7.91. The van der Waals surface area contributed by atoms with Crippen molar-refractivity contribution in [3.05, 3.63) is 53.4 Å². The van der Waals surface area contributed by atoms with Crippen LogP contribution in [0.5, 0.6) is 0 Å². The van der Waals surface area contributed by atoms with Gasteiger partial charge >= 0.3 is 0 Å². The van der Waals surface area contributed by atoms with Gasteiger partial charge in [0, 0.05) is 5.56 Å². The third kappa shape index (κ3) is 3.63. The number of benzene rings is 1. The predicted molar refractivity (Wildman–Crippen MR) is 73.4 cm³/mol. The Labute approximate surface area is 115 Å². The molecule has 0 atom stereocenters. The van der Waals surface area contributed by atoms with Gasteiger partial charge in [0.2, 0.25) is 0 Å². The third-order valence-electron chi connectivity index (χ3n) is 2.31. The zero-order chi connectivity index (χ0) is 13.7. The van der Waals surface area contributed by atoms with Crippen molar-refractivity contribution in [2.75, 3.05) is 6.67 Å². The molecule has 0 aliphatic rings. The molecule has 1 amide bonds. The maximum Gasteiger partial charge on any atom is 0.252 e. The quantitative estimate of drug-likeness (QED) is 0.819. The van der Waals surface area contributed by atoms with E-state index in [-0.39, 0.29) is 16.8 Å². The fourth-order valence-electron chi connectivity index (χ4n) is 1.39. The van der Waals surface area contributed by atoms with Gasteiger partial charge in [0.05, 0.1) is 6.67 Å². The molecule has 5 nitrogen and oxygen atoms in total. The van der Waals surface area contributed by atoms with Gasteiger partial charge in [0.1, 0.15) is 4.21 Å². The van der Waals surface area contributed by atoms with Gasteiger partial charge in [-0.25, -0.2) is 8.42 Å². The molecule has 0 fully saturated rings. The molecule has 1 aromatic carbocycles. The lowest BCUT2D eigenvalue weighted by Crippen LogP contribution is -2.36. The molecule has 0 saturated heterocycles. The number of thiophene rings is 1. The smallest absolute Gasteiger partial charge is 0.252 e. The summed E-state index contributed by atoms with van der Waals surface area (Å²) in [6.45, 7) is -0.145. The van der Waals surface area contributed by atoms with Crippen molar-refractivity contribution in [3.8, 4) is 0 Å². The van der Waals surface area contributed by atoms with Crippen LogP contribution < -0.4 is 10.0 Å². The number of hydrogen-bond donors (Lipinski definition) is 2. The molecule has 0 bridgehead atoms. The maximum atomic E-state index is 11.8. The average Bonchev–Trinajstić information content (AvgIpc) is 2.94. The Morgan fingerprint density at radius 3 is 2.47 bits per heavy atom. The number of carbonyl (C=O) groups is 1. The standard InChI is InChI=1S/C12H12N2O3S2/c15-12(10-5-2-1-3-6-10)13-9-14-19(16,17)11-7-4-8-18-11/h1-8,14H,9H2,(H,13,15). The summed E-state index contributed by atoms with van der Waals surface area (Å²) in [5, 5.41) is 4.17. The first-order chi connectivity index (χ1) is 9.09. The molecule has 0 spiro atoms. The van der Waals surface area contributed by atoms with Crippen molar-refractivity contribution in [2.24, 2.45) is 0 Å². The summed E-state index contributed by atoms with van der Waals surface area (Å²) in [4.78, 5) is 11.7. The van der Waals surface area contributed by atoms with Gasteiger partial charge in [0.25, 0.3) is 15.9 Å². The zero-order valence-electron chi connectivity index (χ0n) is 9.87. The first kappa shape index (κ1) is 13.7. The van der Waals surface area contributed by atoms with Crippen molar-refractivity contribution < 1.29 is 13.2 Å². The second-order valence-corrected chi connectivity index (χ2v) is 6.57. The highest BCUT2D eigenvalue weighted by Gasteiger charge is 2.14. The second-order valence-electron chi connectivity index (χ2n) is 3.63. The third-order valence-corrected chi connectivity index (χ3v) is 5.11. The highest BCUT2D eigenvalue weighted by atomic mass is 32.2. The summed E-state index contributed by atoms with van der Waals surface area (Å²) in [7, 11) is -3.54. The molecule has 7 heteroatoms. The van der Waals surface area contributed by atoms with Gasteiger partial charge in [-0.3, -0.25) is 4.79 Å². The van der Waals surface area contributed by atoms with Crippen LogP contribution in [0.25, 0.3) is 0 Å². The minimum atomic E-state index is -3.54. The largest absolute Gasteiger partial charge is 0.338 e. The summed E-state index contributed by atoms with van der Waals surface area (Å²) in [5.74, 6) is -0.325. The van der Waals surface area contributed by atoms with Gasteiger partial charge in [-0.15, -0.1) is 11.3 Å². The normalized spacial score (nSPS) is 11.2. The number of sulfonamides is 1. The van der Waals surface area contributed by atoms with Crippen LogP contribution >= 0.6 is 11.3 Å². The van der Waals surface area contributed by atoms with Gasteiger partial charge in [-0.05, 0) is 23.6 Å². The van der Waals surface area contributed by atoms with Crippen LogP contribution in [0.2, 0.25) is 0 Å². The van der Waals surface area contributed by atoms with Crippen molar-refractivity contribution in [1.29, 1.82) is 0 Å². The highest BCUT2D eigenvalue weighted by Crippen LogP contribution is 2.14. The molecule has 2 N–H and O–H groups in total. The van der Waals surface area contributed by atoms with E-state index >= 15 is 0 Å². The van der Waals surface area contributed by atoms with Gasteiger partial charge in [-0.2, -0.15) is 4.72 Å². The van der Waals surface area contributed by atoms with Crippen molar-refractivity contribution in [2.45, 2.75) is 4.21 Å². The first-order valence-corrected chi connectivity index (χ1v) is 7.82. The van der Waals surface area contributed by atoms with Crippen LogP contribution in [-0.2, 0) is 10.0 Å². The minimum absolute atomic E-state index is 0.145. The SMILES string of the molecule is O=C(NCNS(=O)(=O)c1cccs1)c1ccccc1. The Bertz CT molecular complexity index is 637. The van der Waals surface area contributed by atoms with Crippen molar-refractivity contribution >= 4 is 27.3 Å². The molecule has 100 valence electrons. The number of rotatable bonds is 5. The van der Waals surface area contributed by atoms with Crippen molar-refractivity contribution in [1.82, 2.24) is 10.0 Å². The summed E-state index contributed by atoms with van der Waals surface area (Å²) < 4.78 is 26.1. The summed E-state index contributed by atoms with van der Waals surface area (Å²) in [5.41, 5.74) is 0.484. The number of nitrogens with one attached hydrogen (secondary N) is 2. The Morgan fingerprint density at radius 2 is 1.84 bits per heavy atom. The van der Waals surface area contributed by atoms with Crippen molar-refractivity contribution in [3.63, 3.8) is 0 Å². The second kappa shape index (κ2) is 5.96. The molecular weight excluding hydrogens is 284 g/mol. The Hall–Kier alpha value is -1.70. The van der Waals surface area contributed by atoms with Gasteiger partial charge < -0.3 is 5.32 Å². The van der Waals surface area contributed by atoms with Crippen LogP contribution in [0.4, 0.5) is 0 Å². The Morgan fingerprint density at radius 1 is 1.11 bits per heavy atom. The molecule has 1 heterocycles. The molecule has 19 heavy (non-hydrogen) atoms. The molecule has 1 aromatic heterocycles. The van der Waals surface area contributed by atoms with Gasteiger partial charge in [0.15, 0.2) is 0 Å². The van der Waals surface area contributed by atoms with Crippen LogP contribution in [0.15, 0.2) is 52.1 Å². The summed E-state index contributed by atoms with van der Waals surface area (Å²) in [6.07, 6.45) is 0. The Balaban J connectivity index is 1.89. The minimum Gasteiger partial charge on any atom is -0.338 e. The van der Waals surface area contributed by atoms with Crippen LogP contribution in [0.1, 0.15) is 10.4 Å². The van der Waals surface area contributed by atoms with E-state index in [9.17, 15) is 13.2 Å². The number of hydrogen-bond acceptors (Lipinski definition) is 4. The van der Waals surface area contributed by atoms with E-state index in [2.05, 4.69) is 10.0 Å². The lowest BCUT2D eigenvalue weighted by molar-refractivity contribution is 0.0953. The van der Waals surface area contributed by atoms with E-state index in [0.29, 0.717) is 5.56 Å². The van der Waals surface area contributed by atoms with E-state index in [1.165, 1.54) is 6.07 Å². The first-order valence-electron chi connectivity index (χ1n) is 5.46. The lowest BCUT2D eigenvalue weighted by Gasteiger charge is -2.06. The summed E-state index contributed by atoms with van der Waals surface area (Å²) in [6, 6.07) is 11.8. The summed E-state index contributed by atoms with van der Waals surface area (Å²) >= 11 is 1.12. The lowest BCUT2D eigenvalue weighted by atomic mass is 10.2. The molecule has 0 unspecified atom stereocenters. The van der Waals surface area contributed by atoms with Crippen LogP contribution in [0.3, 0.4) is 0 Å². The molecule has 2 aromatic rings. The van der Waals surface area contributed by atoms with Crippen LogP contribution in [0, 0.1) is 0 Å². The fraction of sp³-hybridized carbons (Fsp3) is 0.0833. The molecule has 0 aliphatic heterocycles. The number of carbonyl (C=O) groups excluding carboxylic acids is 1. The van der Waals surface area contributed by atoms with E-state index in [4.69, 9.17) is 0 Å². The van der Waals surface area contributed by atoms with E-state index in [0.717, 1.165) is 11.3 Å². The monoisotopic (exact) mass is 296 g/mol. The van der Waals surface area contributed by atoms with Crippen LogP contribution in [-0.4, -0.2) is 21.0 Å². The number of amides is 1. The van der Waals surface area contributed by atoms with E-state index in [1.54, 1.807) is 41.8 Å². The molecule has 0 aliphatic carbocycles. The molecule has 2 rings (SSSR count). The van der Waals surface area contributed by atoms with E-state index < -0.39 is 10.0 Å². The predicted octanol–water partition coefficient (Wildman–Crippen LogP) is 1.41. The van der Waals surface area contributed by atoms with Gasteiger partial charge in [-0.1, -0.05) is 24.3 Å². The Kier molecular flexibility index (Phi) is 4.31. The molecule has 0 radical (unpaired) electrons. The maximum absolute atomic E-state index is 11.8. The van der Waals surface area contributed by atoms with E-state index in [1.807, 2.05) is 0 Å².